The standard InChI is InChI=1S/C16H21N3S/c1-11(2)10-12(3)18-19-16-17-15(13(4)20-16)14-8-6-5-7-9-14/h5-9,11H,10H2,1-4H3,(H,17,19)/b18-12-. The molecule has 20 heavy (non-hydrogen) atoms. The zero-order valence-corrected chi connectivity index (χ0v) is 13.3. The first-order valence-corrected chi connectivity index (χ1v) is 7.70. The van der Waals surface area contributed by atoms with E-state index >= 15 is 0 Å². The highest BCUT2D eigenvalue weighted by Crippen LogP contribution is 2.30. The van der Waals surface area contributed by atoms with Crippen molar-refractivity contribution < 1.29 is 0 Å². The molecule has 2 rings (SSSR count). The highest BCUT2D eigenvalue weighted by atomic mass is 32.1. The summed E-state index contributed by atoms with van der Waals surface area (Å²) >= 11 is 1.64. The maximum absolute atomic E-state index is 4.63. The summed E-state index contributed by atoms with van der Waals surface area (Å²) in [5.74, 6) is 0.624. The highest BCUT2D eigenvalue weighted by Gasteiger charge is 2.09. The summed E-state index contributed by atoms with van der Waals surface area (Å²) in [5.41, 5.74) is 6.37. The lowest BCUT2D eigenvalue weighted by Crippen LogP contribution is -2.01. The number of hydrazone groups is 1. The molecule has 0 saturated heterocycles. The number of thiazole rings is 1. The van der Waals surface area contributed by atoms with Gasteiger partial charge in [-0.3, -0.25) is 5.43 Å². The molecule has 4 heteroatoms. The third-order valence-corrected chi connectivity index (χ3v) is 3.77. The molecule has 3 nitrogen and oxygen atoms in total. The second-order valence-corrected chi connectivity index (χ2v) is 6.55. The smallest absolute Gasteiger partial charge is 0.204 e. The minimum absolute atomic E-state index is 0.624. The van der Waals surface area contributed by atoms with Gasteiger partial charge in [-0.15, -0.1) is 11.3 Å². The lowest BCUT2D eigenvalue weighted by atomic mass is 10.1. The Labute approximate surface area is 124 Å². The predicted octanol–water partition coefficient (Wildman–Crippen LogP) is 4.95. The Kier molecular flexibility index (Phi) is 4.90. The van der Waals surface area contributed by atoms with Gasteiger partial charge in [0.15, 0.2) is 0 Å². The Bertz CT molecular complexity index is 585. The topological polar surface area (TPSA) is 37.3 Å². The van der Waals surface area contributed by atoms with Gasteiger partial charge in [0.05, 0.1) is 5.69 Å². The van der Waals surface area contributed by atoms with Crippen LogP contribution in [0.25, 0.3) is 11.3 Å². The zero-order chi connectivity index (χ0) is 14.5. The molecule has 2 aromatic rings. The van der Waals surface area contributed by atoms with Gasteiger partial charge in [0, 0.05) is 16.2 Å². The van der Waals surface area contributed by atoms with Crippen LogP contribution in [0.4, 0.5) is 5.13 Å². The summed E-state index contributed by atoms with van der Waals surface area (Å²) in [5, 5.41) is 5.25. The van der Waals surface area contributed by atoms with Crippen molar-refractivity contribution in [3.05, 3.63) is 35.2 Å². The van der Waals surface area contributed by atoms with Gasteiger partial charge < -0.3 is 0 Å². The summed E-state index contributed by atoms with van der Waals surface area (Å²) < 4.78 is 0. The molecular weight excluding hydrogens is 266 g/mol. The molecule has 0 fully saturated rings. The fourth-order valence-electron chi connectivity index (χ4n) is 2.09. The second-order valence-electron chi connectivity index (χ2n) is 5.35. The fourth-order valence-corrected chi connectivity index (χ4v) is 2.87. The maximum atomic E-state index is 4.63. The molecule has 0 unspecified atom stereocenters. The molecule has 0 amide bonds. The zero-order valence-electron chi connectivity index (χ0n) is 12.5. The number of hydrogen-bond donors (Lipinski definition) is 1. The van der Waals surface area contributed by atoms with Crippen LogP contribution >= 0.6 is 11.3 Å². The predicted molar refractivity (Wildman–Crippen MR) is 88.5 cm³/mol. The van der Waals surface area contributed by atoms with Crippen molar-refractivity contribution in [2.75, 3.05) is 5.43 Å². The van der Waals surface area contributed by atoms with Crippen molar-refractivity contribution >= 4 is 22.2 Å². The van der Waals surface area contributed by atoms with E-state index in [-0.39, 0.29) is 0 Å². The van der Waals surface area contributed by atoms with Gasteiger partial charge in [-0.2, -0.15) is 5.10 Å². The molecular formula is C16H21N3S. The van der Waals surface area contributed by atoms with E-state index in [1.165, 1.54) is 4.88 Å². The Morgan fingerprint density at radius 3 is 2.65 bits per heavy atom. The van der Waals surface area contributed by atoms with Gasteiger partial charge in [0.25, 0.3) is 0 Å². The van der Waals surface area contributed by atoms with Gasteiger partial charge >= 0.3 is 0 Å². The van der Waals surface area contributed by atoms with E-state index in [2.05, 4.69) is 48.4 Å². The minimum atomic E-state index is 0.624. The van der Waals surface area contributed by atoms with Crippen LogP contribution in [-0.2, 0) is 0 Å². The third-order valence-electron chi connectivity index (χ3n) is 2.89. The van der Waals surface area contributed by atoms with E-state index in [0.717, 1.165) is 28.5 Å². The van der Waals surface area contributed by atoms with E-state index in [4.69, 9.17) is 0 Å². The average Bonchev–Trinajstić information content (AvgIpc) is 2.78. The van der Waals surface area contributed by atoms with E-state index in [9.17, 15) is 0 Å². The highest BCUT2D eigenvalue weighted by molar-refractivity contribution is 7.15. The van der Waals surface area contributed by atoms with Crippen LogP contribution in [0.2, 0.25) is 0 Å². The molecule has 0 aliphatic carbocycles. The molecule has 0 saturated carbocycles. The van der Waals surface area contributed by atoms with Gasteiger partial charge in [-0.25, -0.2) is 4.98 Å². The van der Waals surface area contributed by atoms with Crippen molar-refractivity contribution in [1.82, 2.24) is 4.98 Å². The Morgan fingerprint density at radius 2 is 2.00 bits per heavy atom. The molecule has 0 aliphatic heterocycles. The van der Waals surface area contributed by atoms with Crippen molar-refractivity contribution in [2.24, 2.45) is 11.0 Å². The second kappa shape index (κ2) is 6.66. The first kappa shape index (κ1) is 14.7. The average molecular weight is 287 g/mol. The largest absolute Gasteiger partial charge is 0.253 e. The van der Waals surface area contributed by atoms with Crippen molar-refractivity contribution in [1.29, 1.82) is 0 Å². The molecule has 0 spiro atoms. The first-order chi connectivity index (χ1) is 9.56. The third kappa shape index (κ3) is 3.90. The summed E-state index contributed by atoms with van der Waals surface area (Å²) in [6.45, 7) is 8.53. The lowest BCUT2D eigenvalue weighted by molar-refractivity contribution is 0.682. The van der Waals surface area contributed by atoms with Crippen LogP contribution in [-0.4, -0.2) is 10.7 Å². The molecule has 1 aromatic carbocycles. The minimum Gasteiger partial charge on any atom is -0.253 e. The number of nitrogens with one attached hydrogen (secondary N) is 1. The monoisotopic (exact) mass is 287 g/mol. The van der Waals surface area contributed by atoms with E-state index in [1.807, 2.05) is 25.1 Å². The number of aryl methyl sites for hydroxylation is 1. The van der Waals surface area contributed by atoms with E-state index in [0.29, 0.717) is 5.92 Å². The van der Waals surface area contributed by atoms with Crippen LogP contribution in [0.3, 0.4) is 0 Å². The summed E-state index contributed by atoms with van der Waals surface area (Å²) in [6.07, 6.45) is 1.00. The van der Waals surface area contributed by atoms with E-state index < -0.39 is 0 Å². The molecule has 0 aliphatic rings. The summed E-state index contributed by atoms with van der Waals surface area (Å²) in [6, 6.07) is 10.3. The fraction of sp³-hybridized carbons (Fsp3) is 0.375. The van der Waals surface area contributed by atoms with Crippen LogP contribution in [0.1, 0.15) is 32.1 Å². The van der Waals surface area contributed by atoms with Crippen molar-refractivity contribution in [2.45, 2.75) is 34.1 Å². The first-order valence-electron chi connectivity index (χ1n) is 6.88. The lowest BCUT2D eigenvalue weighted by Gasteiger charge is -2.03. The summed E-state index contributed by atoms with van der Waals surface area (Å²) in [4.78, 5) is 5.84. The molecule has 0 bridgehead atoms. The Hall–Kier alpha value is -1.68. The van der Waals surface area contributed by atoms with Crippen LogP contribution in [0, 0.1) is 12.8 Å². The number of benzene rings is 1. The number of nitrogens with zero attached hydrogens (tertiary/aromatic N) is 2. The number of anilines is 1. The van der Waals surface area contributed by atoms with Gasteiger partial charge in [0.2, 0.25) is 5.13 Å². The SMILES string of the molecule is C/C(CC(C)C)=N/Nc1nc(-c2ccccc2)c(C)s1. The van der Waals surface area contributed by atoms with Crippen LogP contribution < -0.4 is 5.43 Å². The Morgan fingerprint density at radius 1 is 1.30 bits per heavy atom. The molecule has 0 atom stereocenters. The molecule has 1 N–H and O–H groups in total. The van der Waals surface area contributed by atoms with Crippen molar-refractivity contribution in [3.63, 3.8) is 0 Å². The van der Waals surface area contributed by atoms with Gasteiger partial charge in [-0.1, -0.05) is 44.2 Å². The number of hydrogen-bond acceptors (Lipinski definition) is 4. The van der Waals surface area contributed by atoms with Crippen LogP contribution in [0.15, 0.2) is 35.4 Å². The number of rotatable bonds is 5. The molecule has 1 heterocycles. The van der Waals surface area contributed by atoms with E-state index in [1.54, 1.807) is 11.3 Å². The normalized spacial score (nSPS) is 11.9. The quantitative estimate of drug-likeness (QED) is 0.624. The van der Waals surface area contributed by atoms with Gasteiger partial charge in [-0.05, 0) is 26.2 Å². The molecule has 1 aromatic heterocycles. The van der Waals surface area contributed by atoms with Gasteiger partial charge in [0.1, 0.15) is 0 Å². The van der Waals surface area contributed by atoms with Crippen molar-refractivity contribution in [3.8, 4) is 11.3 Å². The van der Waals surface area contributed by atoms with Crippen LogP contribution in [0.5, 0.6) is 0 Å². The number of aromatic nitrogens is 1. The Balaban J connectivity index is 2.12. The maximum Gasteiger partial charge on any atom is 0.204 e. The molecule has 0 radical (unpaired) electrons. The molecule has 106 valence electrons. The summed E-state index contributed by atoms with van der Waals surface area (Å²) in [7, 11) is 0.